The van der Waals surface area contributed by atoms with Crippen LogP contribution in [0.3, 0.4) is 0 Å². The van der Waals surface area contributed by atoms with Crippen LogP contribution in [0.15, 0.2) is 163 Å². The minimum absolute atomic E-state index is 0.173. The Labute approximate surface area is 287 Å². The van der Waals surface area contributed by atoms with Gasteiger partial charge in [0.15, 0.2) is 0 Å². The van der Waals surface area contributed by atoms with E-state index in [2.05, 4.69) is 127 Å². The average Bonchev–Trinajstić information content (AvgIpc) is 3.62. The predicted molar refractivity (Wildman–Crippen MR) is 204 cm³/mol. The molecule has 0 N–H and O–H groups in total. The molecule has 1 aliphatic rings. The zero-order chi connectivity index (χ0) is 33.5. The summed E-state index contributed by atoms with van der Waals surface area (Å²) in [5.41, 5.74) is 14.1. The van der Waals surface area contributed by atoms with Crippen molar-refractivity contribution in [1.29, 1.82) is 0 Å². The Balaban J connectivity index is 1.26. The highest BCUT2D eigenvalue weighted by Gasteiger charge is 2.31. The van der Waals surface area contributed by atoms with Gasteiger partial charge in [-0.3, -0.25) is 9.13 Å². The van der Waals surface area contributed by atoms with Crippen LogP contribution in [0.5, 0.6) is 0 Å². The third-order valence-corrected chi connectivity index (χ3v) is 10.4. The van der Waals surface area contributed by atoms with Crippen LogP contribution in [0, 0.1) is 5.82 Å². The van der Waals surface area contributed by atoms with Crippen molar-refractivity contribution in [3.63, 3.8) is 0 Å². The van der Waals surface area contributed by atoms with Crippen molar-refractivity contribution in [3.05, 3.63) is 174 Å². The molecule has 0 fully saturated rings. The Morgan fingerprint density at radius 3 is 1.66 bits per heavy atom. The van der Waals surface area contributed by atoms with Crippen LogP contribution in [-0.4, -0.2) is 9.13 Å². The summed E-state index contributed by atoms with van der Waals surface area (Å²) in [7, 11) is 1.79. The Kier molecular flexibility index (Phi) is 6.12. The summed E-state index contributed by atoms with van der Waals surface area (Å²) in [6, 6.07) is 53.7. The van der Waals surface area contributed by atoms with Crippen LogP contribution in [0.1, 0.15) is 0 Å². The molecule has 8 aromatic carbocycles. The molecule has 9 aromatic rings. The SMILES string of the molecule is Cn1c(=O)n(-c2ccc(F)cc2)c2ccc(-c3ccc4c5c(cccc35)-c3c-4c(-c4ccccc4)c4ccccc4c3-c3ccccc3)cc21. The molecule has 4 heteroatoms. The molecule has 0 saturated carbocycles. The number of hydrogen-bond donors (Lipinski definition) is 0. The van der Waals surface area contributed by atoms with Crippen LogP contribution < -0.4 is 5.69 Å². The van der Waals surface area contributed by atoms with Crippen LogP contribution >= 0.6 is 0 Å². The first-order valence-electron chi connectivity index (χ1n) is 16.8. The van der Waals surface area contributed by atoms with Gasteiger partial charge in [-0.05, 0) is 114 Å². The summed E-state index contributed by atoms with van der Waals surface area (Å²) in [6.07, 6.45) is 0. The minimum Gasteiger partial charge on any atom is -0.295 e. The second-order valence-electron chi connectivity index (χ2n) is 13.0. The number of aromatic nitrogens is 2. The maximum absolute atomic E-state index is 13.7. The van der Waals surface area contributed by atoms with Gasteiger partial charge in [-0.15, -0.1) is 0 Å². The maximum atomic E-state index is 13.7. The quantitative estimate of drug-likeness (QED) is 0.187. The van der Waals surface area contributed by atoms with Gasteiger partial charge in [0.25, 0.3) is 0 Å². The molecule has 50 heavy (non-hydrogen) atoms. The van der Waals surface area contributed by atoms with Crippen LogP contribution in [0.25, 0.3) is 93.9 Å². The van der Waals surface area contributed by atoms with Gasteiger partial charge in [-0.1, -0.05) is 121 Å². The van der Waals surface area contributed by atoms with Crippen molar-refractivity contribution in [2.24, 2.45) is 7.05 Å². The lowest BCUT2D eigenvalue weighted by Gasteiger charge is -2.20. The van der Waals surface area contributed by atoms with Crippen molar-refractivity contribution in [3.8, 4) is 61.3 Å². The van der Waals surface area contributed by atoms with E-state index < -0.39 is 0 Å². The summed E-state index contributed by atoms with van der Waals surface area (Å²) in [4.78, 5) is 13.5. The first kappa shape index (κ1) is 28.5. The zero-order valence-electron chi connectivity index (χ0n) is 27.2. The van der Waals surface area contributed by atoms with E-state index in [9.17, 15) is 9.18 Å². The molecule has 1 heterocycles. The molecule has 236 valence electrons. The molecule has 1 aliphatic carbocycles. The van der Waals surface area contributed by atoms with E-state index in [1.807, 2.05) is 6.07 Å². The first-order chi connectivity index (χ1) is 24.6. The Morgan fingerprint density at radius 1 is 0.460 bits per heavy atom. The van der Waals surface area contributed by atoms with Crippen LogP contribution in [0.4, 0.5) is 4.39 Å². The Morgan fingerprint density at radius 2 is 1.02 bits per heavy atom. The van der Waals surface area contributed by atoms with Gasteiger partial charge >= 0.3 is 5.69 Å². The molecule has 0 amide bonds. The predicted octanol–water partition coefficient (Wildman–Crippen LogP) is 11.4. The van der Waals surface area contributed by atoms with Gasteiger partial charge in [0.2, 0.25) is 0 Å². The molecule has 10 rings (SSSR count). The fourth-order valence-electron chi connectivity index (χ4n) is 8.21. The second kappa shape index (κ2) is 10.7. The number of aryl methyl sites for hydroxylation is 1. The van der Waals surface area contributed by atoms with Crippen molar-refractivity contribution >= 4 is 32.6 Å². The number of hydrogen-bond acceptors (Lipinski definition) is 1. The van der Waals surface area contributed by atoms with Gasteiger partial charge in [0, 0.05) is 7.05 Å². The number of fused-ring (bicyclic) bond motifs is 5. The first-order valence-corrected chi connectivity index (χ1v) is 16.8. The monoisotopic (exact) mass is 644 g/mol. The van der Waals surface area contributed by atoms with Crippen LogP contribution in [0.2, 0.25) is 0 Å². The van der Waals surface area contributed by atoms with Crippen molar-refractivity contribution < 1.29 is 4.39 Å². The van der Waals surface area contributed by atoms with E-state index >= 15 is 0 Å². The fraction of sp³-hybridized carbons (Fsp3) is 0.0217. The molecule has 0 aliphatic heterocycles. The molecule has 0 bridgehead atoms. The maximum Gasteiger partial charge on any atom is 0.333 e. The largest absolute Gasteiger partial charge is 0.333 e. The lowest BCUT2D eigenvalue weighted by Crippen LogP contribution is -2.20. The molecule has 0 atom stereocenters. The normalized spacial score (nSPS) is 11.9. The number of halogens is 1. The highest BCUT2D eigenvalue weighted by Crippen LogP contribution is 2.58. The molecular formula is C46H29FN2O. The Bertz CT molecular complexity index is 2790. The van der Waals surface area contributed by atoms with E-state index in [0.717, 1.165) is 22.2 Å². The zero-order valence-corrected chi connectivity index (χ0v) is 27.2. The lowest BCUT2D eigenvalue weighted by atomic mass is 9.82. The molecule has 0 saturated heterocycles. The third-order valence-electron chi connectivity index (χ3n) is 10.4. The number of rotatable bonds is 4. The van der Waals surface area contributed by atoms with Gasteiger partial charge in [-0.2, -0.15) is 0 Å². The van der Waals surface area contributed by atoms with Gasteiger partial charge in [-0.25, -0.2) is 9.18 Å². The summed E-state index contributed by atoms with van der Waals surface area (Å²) >= 11 is 0. The van der Waals surface area contributed by atoms with Crippen molar-refractivity contribution in [2.45, 2.75) is 0 Å². The van der Waals surface area contributed by atoms with E-state index in [1.165, 1.54) is 78.2 Å². The fourth-order valence-corrected chi connectivity index (χ4v) is 8.21. The summed E-state index contributed by atoms with van der Waals surface area (Å²) in [5.74, 6) is -0.335. The molecule has 1 aromatic heterocycles. The van der Waals surface area contributed by atoms with Crippen LogP contribution in [-0.2, 0) is 7.05 Å². The average molecular weight is 645 g/mol. The highest BCUT2D eigenvalue weighted by atomic mass is 19.1. The third kappa shape index (κ3) is 3.99. The minimum atomic E-state index is -0.335. The molecule has 0 spiro atoms. The lowest BCUT2D eigenvalue weighted by molar-refractivity contribution is 0.627. The topological polar surface area (TPSA) is 26.9 Å². The highest BCUT2D eigenvalue weighted by molar-refractivity contribution is 6.28. The van der Waals surface area contributed by atoms with E-state index in [1.54, 1.807) is 28.3 Å². The number of imidazole rings is 1. The number of nitrogens with zero attached hydrogens (tertiary/aromatic N) is 2. The summed E-state index contributed by atoms with van der Waals surface area (Å²) in [6.45, 7) is 0. The Hall–Kier alpha value is -6.52. The summed E-state index contributed by atoms with van der Waals surface area (Å²) in [5, 5.41) is 4.87. The molecule has 0 radical (unpaired) electrons. The molecular weight excluding hydrogens is 616 g/mol. The second-order valence-corrected chi connectivity index (χ2v) is 13.0. The van der Waals surface area contributed by atoms with Crippen molar-refractivity contribution in [1.82, 2.24) is 9.13 Å². The van der Waals surface area contributed by atoms with Gasteiger partial charge < -0.3 is 0 Å². The van der Waals surface area contributed by atoms with E-state index in [0.29, 0.717) is 5.69 Å². The van der Waals surface area contributed by atoms with Gasteiger partial charge in [0.05, 0.1) is 16.7 Å². The smallest absolute Gasteiger partial charge is 0.295 e. The van der Waals surface area contributed by atoms with Crippen molar-refractivity contribution in [2.75, 3.05) is 0 Å². The molecule has 3 nitrogen and oxygen atoms in total. The summed E-state index contributed by atoms with van der Waals surface area (Å²) < 4.78 is 17.0. The van der Waals surface area contributed by atoms with Gasteiger partial charge in [0.1, 0.15) is 5.82 Å². The van der Waals surface area contributed by atoms with E-state index in [-0.39, 0.29) is 11.5 Å². The molecule has 0 unspecified atom stereocenters. The number of benzene rings is 8. The standard InChI is InChI=1S/C46H29FN2O/c1-48-40-27-30(19-26-39(40)49(46(48)50)32-22-20-31(47)21-23-32)33-24-25-38-43-34(33)17-10-18-37(43)44-41(28-11-4-2-5-12-28)35-15-8-9-16-36(35)42(45(38)44)29-13-6-3-7-14-29/h2-27H,1H3. The van der Waals surface area contributed by atoms with E-state index in [4.69, 9.17) is 0 Å².